The topological polar surface area (TPSA) is 58.3 Å². The Morgan fingerprint density at radius 1 is 1.62 bits per heavy atom. The number of aliphatic hydroxyl groups excluding tert-OH is 1. The van der Waals surface area contributed by atoms with E-state index in [1.54, 1.807) is 0 Å². The second-order valence-corrected chi connectivity index (χ2v) is 2.07. The number of hydrogen-bond donors (Lipinski definition) is 3. The third-order valence-electron chi connectivity index (χ3n) is 0.749. The Bertz CT molecular complexity index is 56.4. The Morgan fingerprint density at radius 2 is 2.12 bits per heavy atom. The van der Waals surface area contributed by atoms with Gasteiger partial charge >= 0.3 is 0 Å². The fourth-order valence-corrected chi connectivity index (χ4v) is 0.453. The maximum absolute atomic E-state index is 8.79. The molecule has 0 heterocycles. The molecule has 0 aromatic carbocycles. The third kappa shape index (κ3) is 4.05. The zero-order valence-corrected chi connectivity index (χ0v) is 5.39. The van der Waals surface area contributed by atoms with Crippen LogP contribution in [0.15, 0.2) is 0 Å². The van der Waals surface area contributed by atoms with Crippen molar-refractivity contribution in [2.24, 2.45) is 5.73 Å². The predicted octanol–water partition coefficient (Wildman–Crippen LogP) is -0.738. The fourth-order valence-electron chi connectivity index (χ4n) is 0.453. The van der Waals surface area contributed by atoms with Crippen LogP contribution in [-0.4, -0.2) is 23.9 Å². The summed E-state index contributed by atoms with van der Waals surface area (Å²) in [5.74, 6) is 0. The summed E-state index contributed by atoms with van der Waals surface area (Å²) in [5.41, 5.74) is 5.11. The first-order valence-corrected chi connectivity index (χ1v) is 2.81. The highest BCUT2D eigenvalue weighted by atomic mass is 16.3. The number of nitrogens with two attached hydrogens (primary N) is 1. The third-order valence-corrected chi connectivity index (χ3v) is 0.749. The summed E-state index contributed by atoms with van der Waals surface area (Å²) in [5, 5.41) is 11.6. The van der Waals surface area contributed by atoms with E-state index in [-0.39, 0.29) is 6.54 Å². The fraction of sp³-hybridized carbons (Fsp3) is 1.00. The van der Waals surface area contributed by atoms with E-state index >= 15 is 0 Å². The van der Waals surface area contributed by atoms with Crippen LogP contribution in [0.4, 0.5) is 0 Å². The summed E-state index contributed by atoms with van der Waals surface area (Å²) in [6.07, 6.45) is -0.546. The van der Waals surface area contributed by atoms with Gasteiger partial charge in [-0.2, -0.15) is 0 Å². The lowest BCUT2D eigenvalue weighted by Gasteiger charge is -2.12. The highest BCUT2D eigenvalue weighted by Gasteiger charge is 1.99. The molecular weight excluding hydrogens is 104 g/mol. The molecule has 1 unspecified atom stereocenters. The SMILES string of the molecule is CC(C)NC(O)CN. The molecule has 0 aliphatic carbocycles. The van der Waals surface area contributed by atoms with Crippen LogP contribution in [0.25, 0.3) is 0 Å². The predicted molar refractivity (Wildman–Crippen MR) is 33.3 cm³/mol. The number of rotatable bonds is 3. The first kappa shape index (κ1) is 7.88. The normalized spacial score (nSPS) is 14.6. The molecular formula is C5H14N2O. The van der Waals surface area contributed by atoms with Gasteiger partial charge in [-0.1, -0.05) is 0 Å². The van der Waals surface area contributed by atoms with E-state index in [9.17, 15) is 0 Å². The molecule has 0 fully saturated rings. The summed E-state index contributed by atoms with van der Waals surface area (Å²) in [6, 6.07) is 0.300. The Kier molecular flexibility index (Phi) is 3.77. The first-order chi connectivity index (χ1) is 3.66. The van der Waals surface area contributed by atoms with Gasteiger partial charge < -0.3 is 10.8 Å². The van der Waals surface area contributed by atoms with Gasteiger partial charge in [-0.15, -0.1) is 0 Å². The van der Waals surface area contributed by atoms with E-state index in [2.05, 4.69) is 5.32 Å². The van der Waals surface area contributed by atoms with Crippen molar-refractivity contribution in [3.05, 3.63) is 0 Å². The van der Waals surface area contributed by atoms with Gasteiger partial charge in [0.25, 0.3) is 0 Å². The van der Waals surface area contributed by atoms with Gasteiger partial charge in [-0.05, 0) is 13.8 Å². The van der Waals surface area contributed by atoms with Gasteiger partial charge in [0.2, 0.25) is 0 Å². The van der Waals surface area contributed by atoms with Gasteiger partial charge in [0.05, 0.1) is 0 Å². The molecule has 3 nitrogen and oxygen atoms in total. The molecule has 8 heavy (non-hydrogen) atoms. The van der Waals surface area contributed by atoms with Crippen molar-refractivity contribution in [2.75, 3.05) is 6.54 Å². The van der Waals surface area contributed by atoms with E-state index in [0.717, 1.165) is 0 Å². The molecule has 50 valence electrons. The molecule has 0 amide bonds. The standard InChI is InChI=1S/C5H14N2O/c1-4(2)7-5(8)3-6/h4-5,7-8H,3,6H2,1-2H3. The number of aliphatic hydroxyl groups is 1. The van der Waals surface area contributed by atoms with Crippen LogP contribution in [0.5, 0.6) is 0 Å². The molecule has 0 aliphatic rings. The zero-order chi connectivity index (χ0) is 6.57. The second-order valence-electron chi connectivity index (χ2n) is 2.07. The molecule has 1 atom stereocenters. The highest BCUT2D eigenvalue weighted by Crippen LogP contribution is 1.78. The molecule has 0 saturated carbocycles. The van der Waals surface area contributed by atoms with E-state index in [1.807, 2.05) is 13.8 Å². The highest BCUT2D eigenvalue weighted by molar-refractivity contribution is 4.56. The van der Waals surface area contributed by atoms with Crippen LogP contribution >= 0.6 is 0 Å². The molecule has 0 bridgehead atoms. The molecule has 0 radical (unpaired) electrons. The molecule has 0 aromatic rings. The van der Waals surface area contributed by atoms with Crippen LogP contribution in [-0.2, 0) is 0 Å². The van der Waals surface area contributed by atoms with Crippen molar-refractivity contribution < 1.29 is 5.11 Å². The molecule has 4 N–H and O–H groups in total. The Hall–Kier alpha value is -0.120. The lowest BCUT2D eigenvalue weighted by atomic mass is 10.4. The molecule has 0 aliphatic heterocycles. The summed E-state index contributed by atoms with van der Waals surface area (Å²) >= 11 is 0. The number of hydrogen-bond acceptors (Lipinski definition) is 3. The van der Waals surface area contributed by atoms with Gasteiger partial charge in [-0.3, -0.25) is 5.32 Å². The summed E-state index contributed by atoms with van der Waals surface area (Å²) in [4.78, 5) is 0. The average molecular weight is 118 g/mol. The monoisotopic (exact) mass is 118 g/mol. The van der Waals surface area contributed by atoms with E-state index in [0.29, 0.717) is 6.04 Å². The van der Waals surface area contributed by atoms with Gasteiger partial charge in [-0.25, -0.2) is 0 Å². The van der Waals surface area contributed by atoms with E-state index < -0.39 is 6.23 Å². The van der Waals surface area contributed by atoms with Crippen molar-refractivity contribution in [2.45, 2.75) is 26.1 Å². The Labute approximate surface area is 49.9 Å². The molecule has 3 heteroatoms. The van der Waals surface area contributed by atoms with Crippen LogP contribution < -0.4 is 11.1 Å². The molecule has 0 rings (SSSR count). The minimum Gasteiger partial charge on any atom is -0.377 e. The zero-order valence-electron chi connectivity index (χ0n) is 5.39. The molecule has 0 spiro atoms. The Balaban J connectivity index is 3.10. The Morgan fingerprint density at radius 3 is 2.25 bits per heavy atom. The van der Waals surface area contributed by atoms with Crippen LogP contribution in [0.3, 0.4) is 0 Å². The van der Waals surface area contributed by atoms with Crippen LogP contribution in [0.1, 0.15) is 13.8 Å². The van der Waals surface area contributed by atoms with Crippen LogP contribution in [0.2, 0.25) is 0 Å². The van der Waals surface area contributed by atoms with Crippen molar-refractivity contribution in [1.29, 1.82) is 0 Å². The smallest absolute Gasteiger partial charge is 0.117 e. The van der Waals surface area contributed by atoms with Crippen molar-refractivity contribution in [3.8, 4) is 0 Å². The van der Waals surface area contributed by atoms with Crippen molar-refractivity contribution in [1.82, 2.24) is 5.32 Å². The minimum atomic E-state index is -0.546. The summed E-state index contributed by atoms with van der Waals surface area (Å²) < 4.78 is 0. The summed E-state index contributed by atoms with van der Waals surface area (Å²) in [6.45, 7) is 4.19. The van der Waals surface area contributed by atoms with Crippen molar-refractivity contribution in [3.63, 3.8) is 0 Å². The maximum Gasteiger partial charge on any atom is 0.117 e. The summed E-state index contributed by atoms with van der Waals surface area (Å²) in [7, 11) is 0. The minimum absolute atomic E-state index is 0.276. The molecule has 0 saturated heterocycles. The van der Waals surface area contributed by atoms with Gasteiger partial charge in [0, 0.05) is 12.6 Å². The van der Waals surface area contributed by atoms with Crippen LogP contribution in [0, 0.1) is 0 Å². The molecule has 0 aromatic heterocycles. The quantitative estimate of drug-likeness (QED) is 0.428. The van der Waals surface area contributed by atoms with Crippen molar-refractivity contribution >= 4 is 0 Å². The lowest BCUT2D eigenvalue weighted by molar-refractivity contribution is 0.135. The first-order valence-electron chi connectivity index (χ1n) is 2.81. The van der Waals surface area contributed by atoms with Gasteiger partial charge in [0.15, 0.2) is 0 Å². The van der Waals surface area contributed by atoms with Gasteiger partial charge in [0.1, 0.15) is 6.23 Å². The lowest BCUT2D eigenvalue weighted by Crippen LogP contribution is -2.39. The number of nitrogens with one attached hydrogen (secondary N) is 1. The average Bonchev–Trinajstić information content (AvgIpc) is 1.65. The second kappa shape index (κ2) is 3.83. The van der Waals surface area contributed by atoms with E-state index in [4.69, 9.17) is 10.8 Å². The largest absolute Gasteiger partial charge is 0.377 e. The maximum atomic E-state index is 8.79. The van der Waals surface area contributed by atoms with E-state index in [1.165, 1.54) is 0 Å².